The fraction of sp³-hybridized carbons (Fsp3) is 0.545. The van der Waals surface area contributed by atoms with Crippen LogP contribution in [0.1, 0.15) is 29.0 Å². The number of carbonyl (C=O) groups is 1. The van der Waals surface area contributed by atoms with Crippen LogP contribution < -0.4 is 10.6 Å². The molecule has 0 aliphatic carbocycles. The van der Waals surface area contributed by atoms with E-state index in [0.717, 1.165) is 31.6 Å². The summed E-state index contributed by atoms with van der Waals surface area (Å²) < 4.78 is 0. The summed E-state index contributed by atoms with van der Waals surface area (Å²) in [7, 11) is 0. The van der Waals surface area contributed by atoms with Gasteiger partial charge in [-0.2, -0.15) is 0 Å². The molecule has 0 radical (unpaired) electrons. The predicted molar refractivity (Wildman–Crippen MR) is 74.6 cm³/mol. The lowest BCUT2D eigenvalue weighted by molar-refractivity contribution is 0.0925. The summed E-state index contributed by atoms with van der Waals surface area (Å²) in [5.74, 6) is -0.138. The highest BCUT2D eigenvalue weighted by Gasteiger charge is 2.16. The van der Waals surface area contributed by atoms with E-state index in [1.165, 1.54) is 6.20 Å². The second-order valence-electron chi connectivity index (χ2n) is 4.06. The second kappa shape index (κ2) is 8.24. The lowest BCUT2D eigenvalue weighted by Gasteiger charge is -2.23. The van der Waals surface area contributed by atoms with Crippen molar-refractivity contribution >= 4 is 30.7 Å². The van der Waals surface area contributed by atoms with Gasteiger partial charge in [0.1, 0.15) is 5.69 Å². The molecular weight excluding hydrogens is 275 g/mol. The molecule has 18 heavy (non-hydrogen) atoms. The summed E-state index contributed by atoms with van der Waals surface area (Å²) in [4.78, 5) is 19.9. The Bertz CT molecular complexity index is 366. The van der Waals surface area contributed by atoms with E-state index in [1.54, 1.807) is 6.20 Å². The van der Waals surface area contributed by atoms with E-state index < -0.39 is 0 Å². The minimum absolute atomic E-state index is 0. The minimum Gasteiger partial charge on any atom is -0.347 e. The van der Waals surface area contributed by atoms with Crippen molar-refractivity contribution in [3.05, 3.63) is 23.8 Å². The van der Waals surface area contributed by atoms with Crippen LogP contribution in [0.15, 0.2) is 12.4 Å². The Morgan fingerprint density at radius 3 is 2.72 bits per heavy atom. The van der Waals surface area contributed by atoms with Gasteiger partial charge in [0, 0.05) is 18.8 Å². The van der Waals surface area contributed by atoms with Crippen LogP contribution in [-0.2, 0) is 0 Å². The molecule has 1 atom stereocenters. The number of halogens is 2. The van der Waals surface area contributed by atoms with Crippen molar-refractivity contribution in [3.63, 3.8) is 0 Å². The Morgan fingerprint density at radius 2 is 2.17 bits per heavy atom. The third-order valence-electron chi connectivity index (χ3n) is 2.65. The Morgan fingerprint density at radius 1 is 1.39 bits per heavy atom. The molecule has 2 heterocycles. The van der Waals surface area contributed by atoms with Gasteiger partial charge >= 0.3 is 0 Å². The van der Waals surface area contributed by atoms with E-state index in [9.17, 15) is 4.79 Å². The zero-order valence-corrected chi connectivity index (χ0v) is 11.8. The average molecular weight is 293 g/mol. The molecule has 0 aromatic carbocycles. The van der Waals surface area contributed by atoms with Gasteiger partial charge < -0.3 is 10.6 Å². The lowest BCUT2D eigenvalue weighted by atomic mass is 10.1. The van der Waals surface area contributed by atoms with Crippen LogP contribution in [0.2, 0.25) is 0 Å². The van der Waals surface area contributed by atoms with Gasteiger partial charge in [0.2, 0.25) is 0 Å². The first-order valence-corrected chi connectivity index (χ1v) is 5.56. The number of amides is 1. The van der Waals surface area contributed by atoms with E-state index in [0.29, 0.717) is 5.69 Å². The maximum absolute atomic E-state index is 11.8. The van der Waals surface area contributed by atoms with Crippen LogP contribution >= 0.6 is 24.8 Å². The van der Waals surface area contributed by atoms with Gasteiger partial charge in [0.25, 0.3) is 5.91 Å². The number of hydrogen-bond donors (Lipinski definition) is 2. The van der Waals surface area contributed by atoms with Crippen LogP contribution in [0.3, 0.4) is 0 Å². The van der Waals surface area contributed by atoms with Crippen LogP contribution in [0, 0.1) is 6.92 Å². The molecule has 1 aliphatic heterocycles. The fourth-order valence-corrected chi connectivity index (χ4v) is 1.74. The third kappa shape index (κ3) is 4.76. The monoisotopic (exact) mass is 292 g/mol. The van der Waals surface area contributed by atoms with Gasteiger partial charge in [-0.05, 0) is 26.3 Å². The first-order valence-electron chi connectivity index (χ1n) is 5.56. The van der Waals surface area contributed by atoms with Crippen molar-refractivity contribution < 1.29 is 4.79 Å². The quantitative estimate of drug-likeness (QED) is 0.857. The third-order valence-corrected chi connectivity index (χ3v) is 2.65. The van der Waals surface area contributed by atoms with Crippen molar-refractivity contribution in [1.29, 1.82) is 0 Å². The van der Waals surface area contributed by atoms with Crippen molar-refractivity contribution in [2.75, 3.05) is 13.1 Å². The van der Waals surface area contributed by atoms with Gasteiger partial charge in [0.05, 0.1) is 11.9 Å². The van der Waals surface area contributed by atoms with Crippen LogP contribution in [-0.4, -0.2) is 35.0 Å². The highest BCUT2D eigenvalue weighted by Crippen LogP contribution is 2.02. The standard InChI is InChI=1S/C11H16N4O.2ClH/c1-8-5-14-10(7-13-8)11(16)15-9-3-2-4-12-6-9;;/h5,7,9,12H,2-4,6H2,1H3,(H,15,16);2*1H/t9-;;/m1../s1. The van der Waals surface area contributed by atoms with Gasteiger partial charge in [0.15, 0.2) is 0 Å². The zero-order valence-electron chi connectivity index (χ0n) is 10.2. The van der Waals surface area contributed by atoms with E-state index in [2.05, 4.69) is 20.6 Å². The molecule has 2 N–H and O–H groups in total. The topological polar surface area (TPSA) is 66.9 Å². The molecular formula is C11H18Cl2N4O. The number of aryl methyl sites for hydroxylation is 1. The van der Waals surface area contributed by atoms with Gasteiger partial charge in [-0.15, -0.1) is 24.8 Å². The summed E-state index contributed by atoms with van der Waals surface area (Å²) in [6.07, 6.45) is 5.25. The van der Waals surface area contributed by atoms with E-state index >= 15 is 0 Å². The molecule has 1 aliphatic rings. The Labute approximate surface area is 119 Å². The molecule has 0 spiro atoms. The Balaban J connectivity index is 0.00000144. The summed E-state index contributed by atoms with van der Waals surface area (Å²) in [5.41, 5.74) is 1.20. The van der Waals surface area contributed by atoms with Crippen LogP contribution in [0.5, 0.6) is 0 Å². The molecule has 1 fully saturated rings. The SMILES string of the molecule is Cc1cnc(C(=O)N[C@@H]2CCCNC2)cn1.Cl.Cl. The largest absolute Gasteiger partial charge is 0.347 e. The number of nitrogens with one attached hydrogen (secondary N) is 2. The normalized spacial score (nSPS) is 18.2. The smallest absolute Gasteiger partial charge is 0.271 e. The van der Waals surface area contributed by atoms with Crippen molar-refractivity contribution in [3.8, 4) is 0 Å². The Kier molecular flexibility index (Phi) is 7.82. The van der Waals surface area contributed by atoms with Gasteiger partial charge in [-0.3, -0.25) is 9.78 Å². The number of carbonyl (C=O) groups excluding carboxylic acids is 1. The predicted octanol–water partition coefficient (Wildman–Crippen LogP) is 1.11. The van der Waals surface area contributed by atoms with Gasteiger partial charge in [-0.25, -0.2) is 4.98 Å². The molecule has 2 rings (SSSR count). The van der Waals surface area contributed by atoms with E-state index in [4.69, 9.17) is 0 Å². The molecule has 102 valence electrons. The van der Waals surface area contributed by atoms with Gasteiger partial charge in [-0.1, -0.05) is 0 Å². The second-order valence-corrected chi connectivity index (χ2v) is 4.06. The first-order chi connectivity index (χ1) is 7.75. The fourth-order valence-electron chi connectivity index (χ4n) is 1.74. The number of piperidine rings is 1. The summed E-state index contributed by atoms with van der Waals surface area (Å²) in [6.45, 7) is 3.72. The highest BCUT2D eigenvalue weighted by molar-refractivity contribution is 5.92. The molecule has 7 heteroatoms. The van der Waals surface area contributed by atoms with Crippen LogP contribution in [0.25, 0.3) is 0 Å². The highest BCUT2D eigenvalue weighted by atomic mass is 35.5. The number of nitrogens with zero attached hydrogens (tertiary/aromatic N) is 2. The first kappa shape index (κ1) is 17.1. The van der Waals surface area contributed by atoms with Crippen molar-refractivity contribution in [1.82, 2.24) is 20.6 Å². The number of rotatable bonds is 2. The molecule has 1 amide bonds. The molecule has 1 aromatic heterocycles. The number of aromatic nitrogens is 2. The molecule has 0 unspecified atom stereocenters. The molecule has 1 aromatic rings. The summed E-state index contributed by atoms with van der Waals surface area (Å²) in [5, 5.41) is 6.20. The number of hydrogen-bond acceptors (Lipinski definition) is 4. The molecule has 0 bridgehead atoms. The summed E-state index contributed by atoms with van der Waals surface area (Å²) in [6, 6.07) is 0.212. The van der Waals surface area contributed by atoms with Crippen molar-refractivity contribution in [2.45, 2.75) is 25.8 Å². The van der Waals surface area contributed by atoms with Crippen molar-refractivity contribution in [2.24, 2.45) is 0 Å². The maximum Gasteiger partial charge on any atom is 0.271 e. The van der Waals surface area contributed by atoms with E-state index in [-0.39, 0.29) is 36.8 Å². The lowest BCUT2D eigenvalue weighted by Crippen LogP contribution is -2.45. The zero-order chi connectivity index (χ0) is 11.4. The Hall–Kier alpha value is -0.910. The summed E-state index contributed by atoms with van der Waals surface area (Å²) >= 11 is 0. The van der Waals surface area contributed by atoms with Crippen LogP contribution in [0.4, 0.5) is 0 Å². The maximum atomic E-state index is 11.8. The minimum atomic E-state index is -0.138. The average Bonchev–Trinajstić information content (AvgIpc) is 2.31. The molecule has 0 saturated carbocycles. The molecule has 5 nitrogen and oxygen atoms in total. The molecule has 1 saturated heterocycles. The van der Waals surface area contributed by atoms with E-state index in [1.807, 2.05) is 6.92 Å².